The molecule has 0 fully saturated rings. The second-order valence-corrected chi connectivity index (χ2v) is 4.02. The van der Waals surface area contributed by atoms with Gasteiger partial charge < -0.3 is 9.67 Å². The van der Waals surface area contributed by atoms with E-state index in [1.807, 2.05) is 0 Å². The van der Waals surface area contributed by atoms with Gasteiger partial charge in [-0.1, -0.05) is 11.6 Å². The SMILES string of the molecule is Cc1c(C(=O)O)c2cc(F)cc(Cl)c2n1C. The number of aryl methyl sites for hydroxylation is 1. The summed E-state index contributed by atoms with van der Waals surface area (Å²) in [4.78, 5) is 11.1. The number of carboxylic acid groups (broad SMARTS) is 1. The maximum absolute atomic E-state index is 13.2. The normalized spacial score (nSPS) is 11.0. The molecule has 0 saturated carbocycles. The number of aromatic carboxylic acids is 1. The van der Waals surface area contributed by atoms with Crippen molar-refractivity contribution in [3.8, 4) is 0 Å². The Balaban J connectivity index is 3.02. The number of rotatable bonds is 1. The van der Waals surface area contributed by atoms with Crippen molar-refractivity contribution < 1.29 is 14.3 Å². The Morgan fingerprint density at radius 2 is 2.12 bits per heavy atom. The van der Waals surface area contributed by atoms with E-state index in [0.717, 1.165) is 0 Å². The van der Waals surface area contributed by atoms with E-state index < -0.39 is 11.8 Å². The topological polar surface area (TPSA) is 42.2 Å². The number of benzene rings is 1. The lowest BCUT2D eigenvalue weighted by Crippen LogP contribution is -1.99. The zero-order chi connectivity index (χ0) is 12.0. The Morgan fingerprint density at radius 1 is 1.50 bits per heavy atom. The highest BCUT2D eigenvalue weighted by atomic mass is 35.5. The van der Waals surface area contributed by atoms with E-state index in [9.17, 15) is 9.18 Å². The third-order valence-electron chi connectivity index (χ3n) is 2.71. The minimum absolute atomic E-state index is 0.0962. The van der Waals surface area contributed by atoms with Crippen molar-refractivity contribution in [3.05, 3.63) is 34.2 Å². The second kappa shape index (κ2) is 3.49. The molecule has 2 rings (SSSR count). The molecule has 0 amide bonds. The Kier molecular flexibility index (Phi) is 2.39. The van der Waals surface area contributed by atoms with Crippen molar-refractivity contribution in [1.29, 1.82) is 0 Å². The average Bonchev–Trinajstić information content (AvgIpc) is 2.38. The summed E-state index contributed by atoms with van der Waals surface area (Å²) >= 11 is 5.90. The van der Waals surface area contributed by atoms with Crippen molar-refractivity contribution in [3.63, 3.8) is 0 Å². The molecule has 1 heterocycles. The molecule has 0 atom stereocenters. The van der Waals surface area contributed by atoms with Gasteiger partial charge in [-0.3, -0.25) is 0 Å². The smallest absolute Gasteiger partial charge is 0.338 e. The van der Waals surface area contributed by atoms with Gasteiger partial charge in [-0.2, -0.15) is 0 Å². The molecular weight excluding hydrogens is 233 g/mol. The Morgan fingerprint density at radius 3 is 2.69 bits per heavy atom. The van der Waals surface area contributed by atoms with Crippen molar-refractivity contribution in [2.75, 3.05) is 0 Å². The lowest BCUT2D eigenvalue weighted by Gasteiger charge is -2.00. The summed E-state index contributed by atoms with van der Waals surface area (Å²) in [6, 6.07) is 2.37. The molecule has 1 aromatic heterocycles. The van der Waals surface area contributed by atoms with Crippen LogP contribution in [0.3, 0.4) is 0 Å². The first kappa shape index (κ1) is 11.0. The molecule has 0 unspecified atom stereocenters. The molecule has 16 heavy (non-hydrogen) atoms. The summed E-state index contributed by atoms with van der Waals surface area (Å²) in [6.45, 7) is 1.66. The molecule has 84 valence electrons. The number of fused-ring (bicyclic) bond motifs is 1. The van der Waals surface area contributed by atoms with Crippen molar-refractivity contribution in [2.45, 2.75) is 6.92 Å². The quantitative estimate of drug-likeness (QED) is 0.834. The number of carboxylic acids is 1. The number of aromatic nitrogens is 1. The van der Waals surface area contributed by atoms with E-state index in [-0.39, 0.29) is 10.6 Å². The first-order chi connectivity index (χ1) is 7.43. The van der Waals surface area contributed by atoms with Gasteiger partial charge in [0.1, 0.15) is 5.82 Å². The number of hydrogen-bond acceptors (Lipinski definition) is 1. The molecule has 0 spiro atoms. The van der Waals surface area contributed by atoms with Gasteiger partial charge in [-0.25, -0.2) is 9.18 Å². The van der Waals surface area contributed by atoms with Gasteiger partial charge in [0.2, 0.25) is 0 Å². The highest BCUT2D eigenvalue weighted by Crippen LogP contribution is 2.31. The summed E-state index contributed by atoms with van der Waals surface area (Å²) in [5, 5.41) is 9.63. The fourth-order valence-electron chi connectivity index (χ4n) is 1.90. The van der Waals surface area contributed by atoms with Crippen LogP contribution in [0.25, 0.3) is 10.9 Å². The van der Waals surface area contributed by atoms with Gasteiger partial charge in [-0.15, -0.1) is 0 Å². The lowest BCUT2D eigenvalue weighted by molar-refractivity contribution is 0.0698. The van der Waals surface area contributed by atoms with Gasteiger partial charge in [0.25, 0.3) is 0 Å². The van der Waals surface area contributed by atoms with Crippen LogP contribution < -0.4 is 0 Å². The van der Waals surface area contributed by atoms with Crippen LogP contribution in [-0.2, 0) is 7.05 Å². The summed E-state index contributed by atoms with van der Waals surface area (Å²) in [5.74, 6) is -1.62. The van der Waals surface area contributed by atoms with Gasteiger partial charge in [0.15, 0.2) is 0 Å². The molecule has 0 radical (unpaired) electrons. The molecule has 0 bridgehead atoms. The Labute approximate surface area is 96.1 Å². The van der Waals surface area contributed by atoms with Crippen LogP contribution in [0.4, 0.5) is 4.39 Å². The molecule has 0 saturated heterocycles. The minimum Gasteiger partial charge on any atom is -0.478 e. The fraction of sp³-hybridized carbons (Fsp3) is 0.182. The van der Waals surface area contributed by atoms with Crippen LogP contribution in [-0.4, -0.2) is 15.6 Å². The number of halogens is 2. The van der Waals surface area contributed by atoms with Crippen molar-refractivity contribution in [1.82, 2.24) is 4.57 Å². The predicted molar refractivity (Wildman–Crippen MR) is 59.6 cm³/mol. The van der Waals surface area contributed by atoms with Crippen molar-refractivity contribution in [2.24, 2.45) is 7.05 Å². The lowest BCUT2D eigenvalue weighted by atomic mass is 10.1. The number of carbonyl (C=O) groups is 1. The molecule has 0 aliphatic heterocycles. The molecule has 1 aromatic carbocycles. The zero-order valence-corrected chi connectivity index (χ0v) is 9.47. The maximum Gasteiger partial charge on any atom is 0.338 e. The number of nitrogens with zero attached hydrogens (tertiary/aromatic N) is 1. The Bertz CT molecular complexity index is 604. The van der Waals surface area contributed by atoms with E-state index in [1.165, 1.54) is 12.1 Å². The minimum atomic E-state index is -1.08. The molecule has 3 nitrogen and oxygen atoms in total. The molecule has 2 aromatic rings. The maximum atomic E-state index is 13.2. The average molecular weight is 242 g/mol. The first-order valence-corrected chi connectivity index (χ1v) is 4.98. The number of hydrogen-bond donors (Lipinski definition) is 1. The third-order valence-corrected chi connectivity index (χ3v) is 3.00. The summed E-state index contributed by atoms with van der Waals surface area (Å²) in [6.07, 6.45) is 0. The van der Waals surface area contributed by atoms with E-state index in [4.69, 9.17) is 16.7 Å². The molecule has 5 heteroatoms. The highest BCUT2D eigenvalue weighted by Gasteiger charge is 2.20. The van der Waals surface area contributed by atoms with Gasteiger partial charge >= 0.3 is 5.97 Å². The standard InChI is InChI=1S/C11H9ClFNO2/c1-5-9(11(15)16)7-3-6(13)4-8(12)10(7)14(5)2/h3-4H,1-2H3,(H,15,16). The van der Waals surface area contributed by atoms with Gasteiger partial charge in [0.05, 0.1) is 16.1 Å². The van der Waals surface area contributed by atoms with E-state index in [2.05, 4.69) is 0 Å². The van der Waals surface area contributed by atoms with Crippen LogP contribution in [0, 0.1) is 12.7 Å². The summed E-state index contributed by atoms with van der Waals surface area (Å²) in [7, 11) is 1.70. The second-order valence-electron chi connectivity index (χ2n) is 3.61. The van der Waals surface area contributed by atoms with E-state index in [1.54, 1.807) is 18.5 Å². The van der Waals surface area contributed by atoms with E-state index in [0.29, 0.717) is 16.6 Å². The molecule has 0 aliphatic rings. The third kappa shape index (κ3) is 1.38. The monoisotopic (exact) mass is 241 g/mol. The van der Waals surface area contributed by atoms with Crippen LogP contribution in [0.1, 0.15) is 16.1 Å². The molecule has 0 aliphatic carbocycles. The first-order valence-electron chi connectivity index (χ1n) is 4.60. The largest absolute Gasteiger partial charge is 0.478 e. The molecular formula is C11H9ClFNO2. The Hall–Kier alpha value is -1.55. The van der Waals surface area contributed by atoms with E-state index >= 15 is 0 Å². The predicted octanol–water partition coefficient (Wildman–Crippen LogP) is 2.98. The van der Waals surface area contributed by atoms with Crippen LogP contribution >= 0.6 is 11.6 Å². The zero-order valence-electron chi connectivity index (χ0n) is 8.71. The highest BCUT2D eigenvalue weighted by molar-refractivity contribution is 6.35. The van der Waals surface area contributed by atoms with Crippen LogP contribution in [0.2, 0.25) is 5.02 Å². The fourth-order valence-corrected chi connectivity index (χ4v) is 2.23. The van der Waals surface area contributed by atoms with Crippen LogP contribution in [0.5, 0.6) is 0 Å². The van der Waals surface area contributed by atoms with Crippen molar-refractivity contribution >= 4 is 28.5 Å². The molecule has 1 N–H and O–H groups in total. The van der Waals surface area contributed by atoms with Gasteiger partial charge in [-0.05, 0) is 19.1 Å². The summed E-state index contributed by atoms with van der Waals surface area (Å²) in [5.41, 5.74) is 1.19. The van der Waals surface area contributed by atoms with Gasteiger partial charge in [0, 0.05) is 18.1 Å². The van der Waals surface area contributed by atoms with Crippen LogP contribution in [0.15, 0.2) is 12.1 Å². The summed E-state index contributed by atoms with van der Waals surface area (Å²) < 4.78 is 14.8.